The summed E-state index contributed by atoms with van der Waals surface area (Å²) in [5, 5.41) is 0. The van der Waals surface area contributed by atoms with Crippen LogP contribution in [0.1, 0.15) is 96.0 Å². The number of rotatable bonds is 4. The number of aryl methyl sites for hydroxylation is 1. The van der Waals surface area contributed by atoms with Gasteiger partial charge in [0.1, 0.15) is 6.20 Å². The highest BCUT2D eigenvalue weighted by Crippen LogP contribution is 2.66. The van der Waals surface area contributed by atoms with Crippen LogP contribution in [0.2, 0.25) is 0 Å². The summed E-state index contributed by atoms with van der Waals surface area (Å²) >= 11 is 0. The smallest absolute Gasteiger partial charge is 0.298 e. The van der Waals surface area contributed by atoms with Crippen molar-refractivity contribution < 1.29 is 14.1 Å². The molecule has 0 spiro atoms. The first-order valence-electron chi connectivity index (χ1n) is 13.1. The van der Waals surface area contributed by atoms with E-state index in [1.807, 2.05) is 20.0 Å². The Balaban J connectivity index is 1.46. The van der Waals surface area contributed by atoms with E-state index in [4.69, 9.17) is 10.5 Å². The molecule has 1 aromatic rings. The summed E-state index contributed by atoms with van der Waals surface area (Å²) < 4.78 is 7.74. The van der Waals surface area contributed by atoms with Gasteiger partial charge in [-0.3, -0.25) is 4.79 Å². The minimum Gasteiger partial charge on any atom is -0.377 e. The molecule has 4 fully saturated rings. The highest BCUT2D eigenvalue weighted by Gasteiger charge is 2.63. The van der Waals surface area contributed by atoms with E-state index < -0.39 is 0 Å². The second kappa shape index (κ2) is 8.07. The molecule has 5 nitrogen and oxygen atoms in total. The molecule has 176 valence electrons. The standard InChI is InChI=1S/C27H41N3O2/c1-5-32-16-18-15-30(17(2)29-25(18)28)23-14-22-20-10-9-19-8-6-7-12-26(19,3)21(20)11-13-27(22,4)24(23)31/h15,19-23,28H,5-14,16H2,1-4H3/p+1. The van der Waals surface area contributed by atoms with E-state index in [-0.39, 0.29) is 11.5 Å². The Hall–Kier alpha value is -1.49. The first-order valence-corrected chi connectivity index (χ1v) is 13.1. The maximum Gasteiger partial charge on any atom is 0.298 e. The zero-order chi connectivity index (χ0) is 22.7. The van der Waals surface area contributed by atoms with Crippen LogP contribution in [-0.2, 0) is 16.1 Å². The molecule has 1 aromatic heterocycles. The predicted molar refractivity (Wildman–Crippen MR) is 125 cm³/mol. The van der Waals surface area contributed by atoms with Gasteiger partial charge in [0.15, 0.2) is 11.8 Å². The zero-order valence-electron chi connectivity index (χ0n) is 20.5. The van der Waals surface area contributed by atoms with Crippen LogP contribution in [0.4, 0.5) is 5.82 Å². The van der Waals surface area contributed by atoms with Crippen LogP contribution in [0.3, 0.4) is 0 Å². The molecule has 1 heterocycles. The Bertz CT molecular complexity index is 901. The molecule has 4 aliphatic carbocycles. The summed E-state index contributed by atoms with van der Waals surface area (Å²) in [7, 11) is 0. The molecule has 0 aromatic carbocycles. The molecular weight excluding hydrogens is 398 g/mol. The van der Waals surface area contributed by atoms with E-state index in [1.54, 1.807) is 0 Å². The Kier molecular flexibility index (Phi) is 5.63. The molecular formula is C27H42N3O2+. The normalized spacial score (nSPS) is 41.1. The maximum absolute atomic E-state index is 14.0. The third kappa shape index (κ3) is 3.25. The van der Waals surface area contributed by atoms with Crippen molar-refractivity contribution >= 4 is 11.6 Å². The van der Waals surface area contributed by atoms with E-state index in [1.165, 1.54) is 44.9 Å². The third-order valence-corrected chi connectivity index (χ3v) is 10.4. The molecule has 4 saturated carbocycles. The highest BCUT2D eigenvalue weighted by atomic mass is 16.5. The fourth-order valence-corrected chi connectivity index (χ4v) is 8.59. The Morgan fingerprint density at radius 3 is 2.75 bits per heavy atom. The molecule has 7 atom stereocenters. The largest absolute Gasteiger partial charge is 0.377 e. The van der Waals surface area contributed by atoms with Crippen molar-refractivity contribution in [1.82, 2.24) is 4.98 Å². The molecule has 4 aliphatic rings. The molecule has 0 saturated heterocycles. The van der Waals surface area contributed by atoms with E-state index in [2.05, 4.69) is 23.4 Å². The van der Waals surface area contributed by atoms with Crippen LogP contribution < -0.4 is 10.3 Å². The average Bonchev–Trinajstić information content (AvgIpc) is 3.04. The summed E-state index contributed by atoms with van der Waals surface area (Å²) in [6.07, 6.45) is 13.6. The topological polar surface area (TPSA) is 69.1 Å². The fraction of sp³-hybridized carbons (Fsp3) is 0.815. The lowest BCUT2D eigenvalue weighted by Gasteiger charge is -2.59. The Morgan fingerprint density at radius 2 is 1.97 bits per heavy atom. The van der Waals surface area contributed by atoms with Crippen LogP contribution in [0.5, 0.6) is 0 Å². The molecule has 0 aliphatic heterocycles. The van der Waals surface area contributed by atoms with Crippen LogP contribution in [0.25, 0.3) is 0 Å². The van der Waals surface area contributed by atoms with Gasteiger partial charge in [0.2, 0.25) is 5.82 Å². The van der Waals surface area contributed by atoms with Crippen molar-refractivity contribution in [3.63, 3.8) is 0 Å². The lowest BCUT2D eigenvalue weighted by atomic mass is 9.45. The summed E-state index contributed by atoms with van der Waals surface area (Å²) in [5.41, 5.74) is 7.38. The fourth-order valence-electron chi connectivity index (χ4n) is 8.59. The number of Topliss-reactive ketones (excluding diaryl/α,β-unsaturated/α-hetero) is 1. The number of anilines is 1. The van der Waals surface area contributed by atoms with Crippen molar-refractivity contribution in [1.29, 1.82) is 0 Å². The lowest BCUT2D eigenvalue weighted by molar-refractivity contribution is -0.717. The number of aromatic nitrogens is 2. The van der Waals surface area contributed by atoms with Gasteiger partial charge in [-0.1, -0.05) is 26.7 Å². The molecule has 0 radical (unpaired) electrons. The van der Waals surface area contributed by atoms with Crippen LogP contribution in [0.15, 0.2) is 6.20 Å². The van der Waals surface area contributed by atoms with Gasteiger partial charge in [0.05, 0.1) is 12.2 Å². The van der Waals surface area contributed by atoms with Crippen LogP contribution >= 0.6 is 0 Å². The Morgan fingerprint density at radius 1 is 1.16 bits per heavy atom. The molecule has 2 N–H and O–H groups in total. The average molecular weight is 441 g/mol. The van der Waals surface area contributed by atoms with Gasteiger partial charge in [-0.2, -0.15) is 0 Å². The van der Waals surface area contributed by atoms with E-state index >= 15 is 0 Å². The van der Waals surface area contributed by atoms with Gasteiger partial charge in [0.25, 0.3) is 5.82 Å². The number of ether oxygens (including phenoxy) is 1. The molecule has 32 heavy (non-hydrogen) atoms. The lowest BCUT2D eigenvalue weighted by Crippen LogP contribution is -2.53. The number of nitrogens with zero attached hydrogens (tertiary/aromatic N) is 2. The van der Waals surface area contributed by atoms with Crippen molar-refractivity contribution in [3.8, 4) is 0 Å². The summed E-state index contributed by atoms with van der Waals surface area (Å²) in [6.45, 7) is 9.94. The number of carbonyl (C=O) groups excluding carboxylic acids is 1. The molecule has 0 bridgehead atoms. The first kappa shape index (κ1) is 22.3. The number of ketones is 1. The minimum absolute atomic E-state index is 0.117. The van der Waals surface area contributed by atoms with E-state index in [0.29, 0.717) is 42.1 Å². The summed E-state index contributed by atoms with van der Waals surface area (Å²) in [6, 6.07) is -0.117. The quantitative estimate of drug-likeness (QED) is 0.673. The minimum atomic E-state index is -0.190. The van der Waals surface area contributed by atoms with Gasteiger partial charge < -0.3 is 10.5 Å². The number of nitrogen functional groups attached to an aromatic ring is 1. The van der Waals surface area contributed by atoms with Gasteiger partial charge in [-0.15, -0.1) is 0 Å². The van der Waals surface area contributed by atoms with Crippen molar-refractivity contribution in [2.45, 2.75) is 98.1 Å². The van der Waals surface area contributed by atoms with Crippen molar-refractivity contribution in [3.05, 3.63) is 17.6 Å². The Labute approximate surface area is 193 Å². The van der Waals surface area contributed by atoms with Gasteiger partial charge in [0, 0.05) is 18.9 Å². The van der Waals surface area contributed by atoms with Crippen LogP contribution in [0, 0.1) is 41.4 Å². The maximum atomic E-state index is 14.0. The van der Waals surface area contributed by atoms with E-state index in [9.17, 15) is 4.79 Å². The van der Waals surface area contributed by atoms with Gasteiger partial charge in [-0.25, -0.2) is 4.57 Å². The monoisotopic (exact) mass is 440 g/mol. The zero-order valence-corrected chi connectivity index (χ0v) is 20.5. The predicted octanol–water partition coefficient (Wildman–Crippen LogP) is 4.95. The van der Waals surface area contributed by atoms with Gasteiger partial charge in [-0.05, 0) is 85.9 Å². The first-order chi connectivity index (χ1) is 15.3. The molecule has 5 rings (SSSR count). The molecule has 5 heteroatoms. The van der Waals surface area contributed by atoms with Crippen molar-refractivity contribution in [2.24, 2.45) is 34.5 Å². The third-order valence-electron chi connectivity index (χ3n) is 10.4. The second-order valence-corrected chi connectivity index (χ2v) is 11.7. The summed E-state index contributed by atoms with van der Waals surface area (Å²) in [5.74, 6) is 4.70. The number of fused-ring (bicyclic) bond motifs is 5. The number of hydrogen-bond donors (Lipinski definition) is 1. The van der Waals surface area contributed by atoms with Gasteiger partial charge >= 0.3 is 0 Å². The van der Waals surface area contributed by atoms with Crippen molar-refractivity contribution in [2.75, 3.05) is 12.3 Å². The number of hydrogen-bond acceptors (Lipinski definition) is 4. The van der Waals surface area contributed by atoms with E-state index in [0.717, 1.165) is 36.1 Å². The highest BCUT2D eigenvalue weighted by molar-refractivity contribution is 5.89. The van der Waals surface area contributed by atoms with Crippen LogP contribution in [-0.4, -0.2) is 17.4 Å². The summed E-state index contributed by atoms with van der Waals surface area (Å²) in [4.78, 5) is 18.6. The molecule has 0 amide bonds. The number of carbonyl (C=O) groups is 1. The number of nitrogens with two attached hydrogens (primary N) is 1. The molecule has 7 unspecified atom stereocenters. The second-order valence-electron chi connectivity index (χ2n) is 11.7. The SMILES string of the molecule is CCOCc1c[n+](C2CC3C4CCC5CCCCC5(C)C4CCC3(C)C2=O)c(C)nc1N.